The van der Waals surface area contributed by atoms with E-state index in [-0.39, 0.29) is 18.3 Å². The Bertz CT molecular complexity index is 382. The first kappa shape index (κ1) is 12.4. The van der Waals surface area contributed by atoms with Crippen LogP contribution in [0, 0.1) is 11.6 Å². The Morgan fingerprint density at radius 3 is 2.75 bits per heavy atom. The Morgan fingerprint density at radius 1 is 1.50 bits per heavy atom. The van der Waals surface area contributed by atoms with Crippen molar-refractivity contribution in [1.82, 2.24) is 5.32 Å². The maximum absolute atomic E-state index is 13.1. The lowest BCUT2D eigenvalue weighted by Gasteiger charge is -2.09. The molecule has 2 amide bonds. The van der Waals surface area contributed by atoms with E-state index in [0.717, 1.165) is 12.1 Å². The number of nitrogens with two attached hydrogens (primary N) is 1. The molecule has 6 heteroatoms. The number of hydrogen-bond donors (Lipinski definition) is 3. The number of nitrogens with one attached hydrogen (secondary N) is 2. The van der Waals surface area contributed by atoms with Crippen molar-refractivity contribution in [2.45, 2.75) is 13.0 Å². The van der Waals surface area contributed by atoms with Crippen molar-refractivity contribution in [1.29, 1.82) is 0 Å². The van der Waals surface area contributed by atoms with Crippen LogP contribution in [0.25, 0.3) is 0 Å². The molecule has 0 heterocycles. The average Bonchev–Trinajstić information content (AvgIpc) is 2.19. The quantitative estimate of drug-likeness (QED) is 0.734. The molecule has 4 nitrogen and oxygen atoms in total. The van der Waals surface area contributed by atoms with E-state index in [1.807, 2.05) is 0 Å². The zero-order valence-electron chi connectivity index (χ0n) is 8.76. The van der Waals surface area contributed by atoms with Crippen molar-refractivity contribution >= 4 is 11.7 Å². The van der Waals surface area contributed by atoms with E-state index in [9.17, 15) is 13.6 Å². The van der Waals surface area contributed by atoms with Crippen molar-refractivity contribution in [2.24, 2.45) is 5.73 Å². The minimum Gasteiger partial charge on any atom is -0.336 e. The summed E-state index contributed by atoms with van der Waals surface area (Å²) < 4.78 is 25.7. The number of urea groups is 1. The molecule has 1 atom stereocenters. The van der Waals surface area contributed by atoms with Gasteiger partial charge in [-0.2, -0.15) is 0 Å². The molecule has 4 N–H and O–H groups in total. The first-order chi connectivity index (χ1) is 7.49. The Kier molecular flexibility index (Phi) is 4.19. The summed E-state index contributed by atoms with van der Waals surface area (Å²) in [6.45, 7) is 1.99. The smallest absolute Gasteiger partial charge is 0.319 e. The summed E-state index contributed by atoms with van der Waals surface area (Å²) in [7, 11) is 0. The third-order valence-corrected chi connectivity index (χ3v) is 1.76. The van der Waals surface area contributed by atoms with Gasteiger partial charge in [-0.05, 0) is 19.1 Å². The van der Waals surface area contributed by atoms with Gasteiger partial charge in [0.15, 0.2) is 0 Å². The number of hydrogen-bond acceptors (Lipinski definition) is 2. The van der Waals surface area contributed by atoms with Crippen LogP contribution in [-0.4, -0.2) is 18.6 Å². The van der Waals surface area contributed by atoms with Crippen LogP contribution in [-0.2, 0) is 0 Å². The maximum atomic E-state index is 13.1. The Labute approximate surface area is 91.8 Å². The summed E-state index contributed by atoms with van der Waals surface area (Å²) in [5.74, 6) is -1.52. The first-order valence-corrected chi connectivity index (χ1v) is 4.74. The molecule has 1 aromatic rings. The third-order valence-electron chi connectivity index (χ3n) is 1.76. The van der Waals surface area contributed by atoms with Crippen molar-refractivity contribution in [3.05, 3.63) is 29.8 Å². The van der Waals surface area contributed by atoms with Gasteiger partial charge in [0.2, 0.25) is 0 Å². The fourth-order valence-corrected chi connectivity index (χ4v) is 1.01. The molecule has 0 saturated carbocycles. The summed E-state index contributed by atoms with van der Waals surface area (Å²) in [6, 6.07) is 2.13. The SMILES string of the molecule is CC(N)CNC(=O)Nc1ccc(F)cc1F. The van der Waals surface area contributed by atoms with Crippen LogP contribution >= 0.6 is 0 Å². The van der Waals surface area contributed by atoms with Crippen LogP contribution in [0.1, 0.15) is 6.92 Å². The third kappa shape index (κ3) is 3.82. The van der Waals surface area contributed by atoms with E-state index < -0.39 is 17.7 Å². The number of carbonyl (C=O) groups is 1. The van der Waals surface area contributed by atoms with E-state index in [1.165, 1.54) is 0 Å². The maximum Gasteiger partial charge on any atom is 0.319 e. The van der Waals surface area contributed by atoms with E-state index >= 15 is 0 Å². The molecule has 0 fully saturated rings. The number of amides is 2. The highest BCUT2D eigenvalue weighted by Crippen LogP contribution is 2.14. The molecule has 1 unspecified atom stereocenters. The number of anilines is 1. The highest BCUT2D eigenvalue weighted by Gasteiger charge is 2.07. The fraction of sp³-hybridized carbons (Fsp3) is 0.300. The van der Waals surface area contributed by atoms with E-state index in [1.54, 1.807) is 6.92 Å². The molecule has 0 aliphatic rings. The minimum atomic E-state index is -0.823. The summed E-state index contributed by atoms with van der Waals surface area (Å²) in [5.41, 5.74) is 5.34. The summed E-state index contributed by atoms with van der Waals surface area (Å²) in [6.07, 6.45) is 0. The Balaban J connectivity index is 2.56. The molecule has 0 aromatic heterocycles. The lowest BCUT2D eigenvalue weighted by Crippen LogP contribution is -2.37. The van der Waals surface area contributed by atoms with Gasteiger partial charge in [-0.25, -0.2) is 13.6 Å². The molecule has 0 bridgehead atoms. The van der Waals surface area contributed by atoms with Crippen LogP contribution in [0.2, 0.25) is 0 Å². The second-order valence-corrected chi connectivity index (χ2v) is 3.44. The molecule has 0 spiro atoms. The Morgan fingerprint density at radius 2 is 2.19 bits per heavy atom. The van der Waals surface area contributed by atoms with Gasteiger partial charge >= 0.3 is 6.03 Å². The first-order valence-electron chi connectivity index (χ1n) is 4.74. The number of carbonyl (C=O) groups excluding carboxylic acids is 1. The van der Waals surface area contributed by atoms with Gasteiger partial charge in [-0.3, -0.25) is 0 Å². The zero-order chi connectivity index (χ0) is 12.1. The molecule has 16 heavy (non-hydrogen) atoms. The average molecular weight is 229 g/mol. The summed E-state index contributed by atoms with van der Waals surface area (Å²) in [4.78, 5) is 11.2. The zero-order valence-corrected chi connectivity index (χ0v) is 8.76. The fourth-order valence-electron chi connectivity index (χ4n) is 1.01. The van der Waals surface area contributed by atoms with Crippen LogP contribution in [0.5, 0.6) is 0 Å². The monoisotopic (exact) mass is 229 g/mol. The van der Waals surface area contributed by atoms with E-state index in [2.05, 4.69) is 10.6 Å². The topological polar surface area (TPSA) is 67.1 Å². The molecule has 0 aliphatic carbocycles. The molecule has 88 valence electrons. The van der Waals surface area contributed by atoms with Crippen LogP contribution < -0.4 is 16.4 Å². The van der Waals surface area contributed by atoms with Crippen molar-refractivity contribution in [2.75, 3.05) is 11.9 Å². The molecule has 1 rings (SSSR count). The predicted molar refractivity (Wildman–Crippen MR) is 57.0 cm³/mol. The van der Waals surface area contributed by atoms with Crippen molar-refractivity contribution in [3.63, 3.8) is 0 Å². The van der Waals surface area contributed by atoms with Gasteiger partial charge in [0.25, 0.3) is 0 Å². The molecule has 1 aromatic carbocycles. The van der Waals surface area contributed by atoms with Gasteiger partial charge in [0.1, 0.15) is 11.6 Å². The van der Waals surface area contributed by atoms with Gasteiger partial charge in [-0.1, -0.05) is 0 Å². The predicted octanol–water partition coefficient (Wildman–Crippen LogP) is 1.43. The second kappa shape index (κ2) is 5.41. The Hall–Kier alpha value is -1.69. The lowest BCUT2D eigenvalue weighted by atomic mass is 10.3. The van der Waals surface area contributed by atoms with Crippen LogP contribution in [0.4, 0.5) is 19.3 Å². The van der Waals surface area contributed by atoms with Gasteiger partial charge in [0.05, 0.1) is 5.69 Å². The molecule has 0 aliphatic heterocycles. The number of benzene rings is 1. The van der Waals surface area contributed by atoms with Crippen molar-refractivity contribution < 1.29 is 13.6 Å². The highest BCUT2D eigenvalue weighted by molar-refractivity contribution is 5.89. The highest BCUT2D eigenvalue weighted by atomic mass is 19.1. The normalized spacial score (nSPS) is 12.0. The van der Waals surface area contributed by atoms with Gasteiger partial charge < -0.3 is 16.4 Å². The van der Waals surface area contributed by atoms with Crippen LogP contribution in [0.15, 0.2) is 18.2 Å². The standard InChI is InChI=1S/C10H13F2N3O/c1-6(13)5-14-10(16)15-9-3-2-7(11)4-8(9)12/h2-4,6H,5,13H2,1H3,(H2,14,15,16). The summed E-state index contributed by atoms with van der Waals surface area (Å²) >= 11 is 0. The van der Waals surface area contributed by atoms with Crippen LogP contribution in [0.3, 0.4) is 0 Å². The molecule has 0 radical (unpaired) electrons. The molecular formula is C10H13F2N3O. The molecule has 0 saturated heterocycles. The van der Waals surface area contributed by atoms with E-state index in [4.69, 9.17) is 5.73 Å². The largest absolute Gasteiger partial charge is 0.336 e. The molecular weight excluding hydrogens is 216 g/mol. The minimum absolute atomic E-state index is 0.0800. The number of rotatable bonds is 3. The van der Waals surface area contributed by atoms with Crippen molar-refractivity contribution in [3.8, 4) is 0 Å². The van der Waals surface area contributed by atoms with Gasteiger partial charge in [-0.15, -0.1) is 0 Å². The van der Waals surface area contributed by atoms with Gasteiger partial charge in [0, 0.05) is 18.7 Å². The number of halogens is 2. The lowest BCUT2D eigenvalue weighted by molar-refractivity contribution is 0.251. The second-order valence-electron chi connectivity index (χ2n) is 3.44. The summed E-state index contributed by atoms with van der Waals surface area (Å²) in [5, 5.41) is 4.68. The van der Waals surface area contributed by atoms with E-state index in [0.29, 0.717) is 6.07 Å².